The molecule has 0 spiro atoms. The van der Waals surface area contributed by atoms with Crippen LogP contribution in [0.1, 0.15) is 40.8 Å². The van der Waals surface area contributed by atoms with Gasteiger partial charge in [0.1, 0.15) is 12.3 Å². The van der Waals surface area contributed by atoms with Gasteiger partial charge in [-0.2, -0.15) is 0 Å². The molecule has 7 heteroatoms. The average molecular weight is 301 g/mol. The molecule has 1 aliphatic heterocycles. The van der Waals surface area contributed by atoms with Crippen LogP contribution >= 0.6 is 0 Å². The normalized spacial score (nSPS) is 17.4. The van der Waals surface area contributed by atoms with E-state index in [0.717, 1.165) is 17.3 Å². The Morgan fingerprint density at radius 3 is 2.91 bits per heavy atom. The van der Waals surface area contributed by atoms with Gasteiger partial charge in [0.15, 0.2) is 11.6 Å². The number of carbonyl (C=O) groups is 1. The monoisotopic (exact) mass is 301 g/mol. The summed E-state index contributed by atoms with van der Waals surface area (Å²) in [6, 6.07) is 5.34. The quantitative estimate of drug-likeness (QED) is 0.855. The van der Waals surface area contributed by atoms with Gasteiger partial charge in [-0.1, -0.05) is 6.07 Å². The van der Waals surface area contributed by atoms with Crippen molar-refractivity contribution in [1.82, 2.24) is 24.6 Å². The third-order valence-electron chi connectivity index (χ3n) is 3.90. The molecular formula is C15H19N5O2. The van der Waals surface area contributed by atoms with Gasteiger partial charge in [0, 0.05) is 25.9 Å². The molecule has 0 bridgehead atoms. The Morgan fingerprint density at radius 1 is 1.36 bits per heavy atom. The van der Waals surface area contributed by atoms with Crippen LogP contribution in [0.2, 0.25) is 0 Å². The molecule has 0 fully saturated rings. The van der Waals surface area contributed by atoms with E-state index in [2.05, 4.69) is 15.2 Å². The number of fused-ring (bicyclic) bond motifs is 1. The smallest absolute Gasteiger partial charge is 0.273 e. The van der Waals surface area contributed by atoms with Gasteiger partial charge >= 0.3 is 0 Å². The largest absolute Gasteiger partial charge is 0.377 e. The van der Waals surface area contributed by atoms with Crippen LogP contribution in [0.5, 0.6) is 0 Å². The third kappa shape index (κ3) is 2.48. The number of pyridine rings is 1. The molecule has 0 aliphatic carbocycles. The second-order valence-corrected chi connectivity index (χ2v) is 5.40. The van der Waals surface area contributed by atoms with Crippen LogP contribution in [0, 0.1) is 6.92 Å². The van der Waals surface area contributed by atoms with Crippen molar-refractivity contribution in [2.24, 2.45) is 0 Å². The summed E-state index contributed by atoms with van der Waals surface area (Å²) < 4.78 is 7.16. The number of aromatic nitrogens is 4. The molecule has 3 heterocycles. The minimum Gasteiger partial charge on any atom is -0.377 e. The van der Waals surface area contributed by atoms with Gasteiger partial charge in [-0.15, -0.1) is 10.2 Å². The summed E-state index contributed by atoms with van der Waals surface area (Å²) in [4.78, 5) is 18.8. The molecule has 1 aliphatic rings. The molecule has 2 aromatic heterocycles. The fourth-order valence-corrected chi connectivity index (χ4v) is 2.77. The summed E-state index contributed by atoms with van der Waals surface area (Å²) in [5.41, 5.74) is 1.30. The van der Waals surface area contributed by atoms with Crippen molar-refractivity contribution < 1.29 is 9.53 Å². The number of aryl methyl sites for hydroxylation is 1. The van der Waals surface area contributed by atoms with Gasteiger partial charge in [-0.25, -0.2) is 4.98 Å². The lowest BCUT2D eigenvalue weighted by Gasteiger charge is -2.33. The van der Waals surface area contributed by atoms with Gasteiger partial charge in [-0.05, 0) is 26.0 Å². The summed E-state index contributed by atoms with van der Waals surface area (Å²) in [6.45, 7) is 5.54. The van der Waals surface area contributed by atoms with Crippen LogP contribution < -0.4 is 0 Å². The number of ether oxygens (including phenoxy) is 1. The van der Waals surface area contributed by atoms with E-state index in [-0.39, 0.29) is 11.9 Å². The van der Waals surface area contributed by atoms with Crippen molar-refractivity contribution in [3.05, 3.63) is 41.2 Å². The molecule has 3 rings (SSSR count). The maximum absolute atomic E-state index is 12.7. The minimum absolute atomic E-state index is 0.0706. The molecule has 22 heavy (non-hydrogen) atoms. The molecule has 116 valence electrons. The molecule has 2 aromatic rings. The standard InChI is InChI=1S/C15H19N5O2/c1-10-5-4-6-12(16-10)15(21)19-7-8-20-13(9-22-3)17-18-14(20)11(19)2/h4-6,11H,7-9H2,1-3H3/t11-/m0/s1. The summed E-state index contributed by atoms with van der Waals surface area (Å²) in [5, 5.41) is 8.37. The van der Waals surface area contributed by atoms with Crippen molar-refractivity contribution in [2.75, 3.05) is 13.7 Å². The maximum Gasteiger partial charge on any atom is 0.273 e. The highest BCUT2D eigenvalue weighted by Gasteiger charge is 2.32. The van der Waals surface area contributed by atoms with E-state index < -0.39 is 0 Å². The molecule has 0 unspecified atom stereocenters. The fourth-order valence-electron chi connectivity index (χ4n) is 2.77. The number of nitrogens with zero attached hydrogens (tertiary/aromatic N) is 5. The van der Waals surface area contributed by atoms with E-state index in [1.807, 2.05) is 30.5 Å². The van der Waals surface area contributed by atoms with Crippen LogP contribution in [0.4, 0.5) is 0 Å². The van der Waals surface area contributed by atoms with E-state index in [1.54, 1.807) is 18.1 Å². The number of methoxy groups -OCH3 is 1. The summed E-state index contributed by atoms with van der Waals surface area (Å²) in [6.07, 6.45) is 0. The summed E-state index contributed by atoms with van der Waals surface area (Å²) >= 11 is 0. The zero-order valence-corrected chi connectivity index (χ0v) is 13.0. The van der Waals surface area contributed by atoms with E-state index >= 15 is 0 Å². The number of amides is 1. The van der Waals surface area contributed by atoms with E-state index in [4.69, 9.17) is 4.74 Å². The number of hydrogen-bond acceptors (Lipinski definition) is 5. The Labute approximate surface area is 128 Å². The number of hydrogen-bond donors (Lipinski definition) is 0. The first-order valence-corrected chi connectivity index (χ1v) is 7.27. The van der Waals surface area contributed by atoms with Crippen LogP contribution in [-0.2, 0) is 17.9 Å². The van der Waals surface area contributed by atoms with Crippen LogP contribution in [-0.4, -0.2) is 44.2 Å². The molecule has 0 radical (unpaired) electrons. The average Bonchev–Trinajstić information content (AvgIpc) is 2.92. The van der Waals surface area contributed by atoms with E-state index in [9.17, 15) is 4.79 Å². The van der Waals surface area contributed by atoms with Crippen molar-refractivity contribution in [3.8, 4) is 0 Å². The van der Waals surface area contributed by atoms with Gasteiger partial charge in [0.2, 0.25) is 0 Å². The van der Waals surface area contributed by atoms with E-state index in [1.165, 1.54) is 0 Å². The first-order valence-electron chi connectivity index (χ1n) is 7.27. The lowest BCUT2D eigenvalue weighted by molar-refractivity contribution is 0.0626. The van der Waals surface area contributed by atoms with E-state index in [0.29, 0.717) is 25.4 Å². The Bertz CT molecular complexity index is 697. The maximum atomic E-state index is 12.7. The third-order valence-corrected chi connectivity index (χ3v) is 3.90. The summed E-state index contributed by atoms with van der Waals surface area (Å²) in [7, 11) is 1.63. The van der Waals surface area contributed by atoms with Crippen LogP contribution in [0.25, 0.3) is 0 Å². The highest BCUT2D eigenvalue weighted by Crippen LogP contribution is 2.25. The van der Waals surface area contributed by atoms with Gasteiger partial charge < -0.3 is 14.2 Å². The lowest BCUT2D eigenvalue weighted by atomic mass is 10.1. The number of rotatable bonds is 3. The van der Waals surface area contributed by atoms with Crippen molar-refractivity contribution in [3.63, 3.8) is 0 Å². The first-order chi connectivity index (χ1) is 10.6. The Balaban J connectivity index is 1.86. The van der Waals surface area contributed by atoms with Crippen molar-refractivity contribution in [2.45, 2.75) is 33.0 Å². The lowest BCUT2D eigenvalue weighted by Crippen LogP contribution is -2.41. The Kier molecular flexibility index (Phi) is 3.89. The van der Waals surface area contributed by atoms with Gasteiger partial charge in [0.05, 0.1) is 6.04 Å². The van der Waals surface area contributed by atoms with Crippen molar-refractivity contribution in [1.29, 1.82) is 0 Å². The highest BCUT2D eigenvalue weighted by atomic mass is 16.5. The SMILES string of the molecule is COCc1nnc2n1CCN(C(=O)c1cccc(C)n1)[C@H]2C. The second kappa shape index (κ2) is 5.84. The van der Waals surface area contributed by atoms with Gasteiger partial charge in [0.25, 0.3) is 5.91 Å². The molecule has 7 nitrogen and oxygen atoms in total. The molecule has 0 aromatic carbocycles. The Hall–Kier alpha value is -2.28. The predicted molar refractivity (Wildman–Crippen MR) is 79.2 cm³/mol. The number of carbonyl (C=O) groups excluding carboxylic acids is 1. The predicted octanol–water partition coefficient (Wildman–Crippen LogP) is 1.34. The van der Waals surface area contributed by atoms with Gasteiger partial charge in [-0.3, -0.25) is 4.79 Å². The minimum atomic E-state index is -0.137. The second-order valence-electron chi connectivity index (χ2n) is 5.40. The van der Waals surface area contributed by atoms with Crippen LogP contribution in [0.3, 0.4) is 0 Å². The van der Waals surface area contributed by atoms with Crippen LogP contribution in [0.15, 0.2) is 18.2 Å². The molecule has 1 atom stereocenters. The first kappa shape index (κ1) is 14.6. The fraction of sp³-hybridized carbons (Fsp3) is 0.467. The zero-order valence-electron chi connectivity index (χ0n) is 13.0. The molecular weight excluding hydrogens is 282 g/mol. The summed E-state index contributed by atoms with van der Waals surface area (Å²) in [5.74, 6) is 1.52. The molecule has 1 amide bonds. The molecule has 0 N–H and O–H groups in total. The zero-order chi connectivity index (χ0) is 15.7. The van der Waals surface area contributed by atoms with Crippen molar-refractivity contribution >= 4 is 5.91 Å². The highest BCUT2D eigenvalue weighted by molar-refractivity contribution is 5.92. The molecule has 0 saturated heterocycles. The molecule has 0 saturated carbocycles. The Morgan fingerprint density at radius 2 is 2.18 bits per heavy atom. The topological polar surface area (TPSA) is 73.1 Å².